The quantitative estimate of drug-likeness (QED) is 0.882. The topological polar surface area (TPSA) is 80.1 Å². The van der Waals surface area contributed by atoms with Gasteiger partial charge in [0.2, 0.25) is 0 Å². The normalized spacial score (nSPS) is 22.1. The van der Waals surface area contributed by atoms with Gasteiger partial charge in [-0.3, -0.25) is 9.36 Å². The van der Waals surface area contributed by atoms with Crippen LogP contribution in [0.4, 0.5) is 0 Å². The molecule has 0 amide bonds. The van der Waals surface area contributed by atoms with Gasteiger partial charge in [0.05, 0.1) is 43.9 Å². The van der Waals surface area contributed by atoms with Crippen LogP contribution < -0.4 is 10.5 Å². The second kappa shape index (κ2) is 5.87. The van der Waals surface area contributed by atoms with Crippen LogP contribution in [0.3, 0.4) is 0 Å². The van der Waals surface area contributed by atoms with Gasteiger partial charge in [0.25, 0.3) is 0 Å². The van der Waals surface area contributed by atoms with Gasteiger partial charge in [0.1, 0.15) is 6.10 Å². The van der Waals surface area contributed by atoms with E-state index in [4.69, 9.17) is 15.2 Å². The van der Waals surface area contributed by atoms with Crippen LogP contribution in [0, 0.1) is 0 Å². The van der Waals surface area contributed by atoms with Gasteiger partial charge in [-0.05, 0) is 19.9 Å². The second-order valence-corrected chi connectivity index (χ2v) is 5.61. The molecular formula is C14H21N5O2. The summed E-state index contributed by atoms with van der Waals surface area (Å²) in [5.74, 6) is 0.712. The minimum absolute atomic E-state index is 0.0740. The van der Waals surface area contributed by atoms with E-state index in [0.717, 1.165) is 5.69 Å². The van der Waals surface area contributed by atoms with Crippen LogP contribution in [0.2, 0.25) is 0 Å². The van der Waals surface area contributed by atoms with Gasteiger partial charge in [0, 0.05) is 12.2 Å². The van der Waals surface area contributed by atoms with Gasteiger partial charge in [-0.2, -0.15) is 10.2 Å². The van der Waals surface area contributed by atoms with Gasteiger partial charge in [0.15, 0.2) is 5.75 Å². The van der Waals surface area contributed by atoms with Crippen molar-refractivity contribution in [3.05, 3.63) is 30.4 Å². The molecule has 0 spiro atoms. The number of nitrogens with zero attached hydrogens (tertiary/aromatic N) is 4. The van der Waals surface area contributed by atoms with Crippen molar-refractivity contribution in [3.63, 3.8) is 0 Å². The lowest BCUT2D eigenvalue weighted by Gasteiger charge is -2.13. The summed E-state index contributed by atoms with van der Waals surface area (Å²) >= 11 is 0. The highest BCUT2D eigenvalue weighted by molar-refractivity contribution is 5.14. The van der Waals surface area contributed by atoms with E-state index in [9.17, 15) is 0 Å². The number of rotatable bonds is 5. The lowest BCUT2D eigenvalue weighted by Crippen LogP contribution is -2.37. The molecule has 0 unspecified atom stereocenters. The van der Waals surface area contributed by atoms with Crippen LogP contribution in [0.15, 0.2) is 24.7 Å². The summed E-state index contributed by atoms with van der Waals surface area (Å²) in [7, 11) is 0. The Morgan fingerprint density at radius 3 is 3.00 bits per heavy atom. The molecule has 1 saturated heterocycles. The first kappa shape index (κ1) is 14.1. The highest BCUT2D eigenvalue weighted by Gasteiger charge is 2.26. The lowest BCUT2D eigenvalue weighted by atomic mass is 10.2. The van der Waals surface area contributed by atoms with Gasteiger partial charge in [-0.25, -0.2) is 0 Å². The largest absolute Gasteiger partial charge is 0.483 e. The molecule has 7 heteroatoms. The third kappa shape index (κ3) is 3.25. The zero-order valence-corrected chi connectivity index (χ0v) is 12.3. The van der Waals surface area contributed by atoms with Gasteiger partial charge in [-0.1, -0.05) is 0 Å². The first-order chi connectivity index (χ1) is 10.1. The van der Waals surface area contributed by atoms with E-state index in [1.54, 1.807) is 6.20 Å². The monoisotopic (exact) mass is 291 g/mol. The molecule has 2 N–H and O–H groups in total. The molecule has 0 radical (unpaired) electrons. The van der Waals surface area contributed by atoms with Crippen molar-refractivity contribution in [1.29, 1.82) is 0 Å². The minimum Gasteiger partial charge on any atom is -0.483 e. The molecule has 2 aromatic rings. The van der Waals surface area contributed by atoms with Crippen LogP contribution in [-0.4, -0.2) is 44.9 Å². The fourth-order valence-corrected chi connectivity index (χ4v) is 2.25. The predicted octanol–water partition coefficient (Wildman–Crippen LogP) is 0.814. The third-order valence-electron chi connectivity index (χ3n) is 3.48. The van der Waals surface area contributed by atoms with Crippen molar-refractivity contribution in [2.24, 2.45) is 5.73 Å². The maximum atomic E-state index is 5.90. The molecule has 2 aromatic heterocycles. The molecule has 0 bridgehead atoms. The first-order valence-electron chi connectivity index (χ1n) is 7.18. The van der Waals surface area contributed by atoms with E-state index in [-0.39, 0.29) is 12.1 Å². The van der Waals surface area contributed by atoms with Gasteiger partial charge >= 0.3 is 0 Å². The number of hydrogen-bond acceptors (Lipinski definition) is 5. The smallest absolute Gasteiger partial charge is 0.157 e. The molecule has 1 aliphatic rings. The molecule has 2 atom stereocenters. The summed E-state index contributed by atoms with van der Waals surface area (Å²) in [5.41, 5.74) is 6.87. The Kier molecular flexibility index (Phi) is 3.94. The zero-order valence-electron chi connectivity index (χ0n) is 12.3. The van der Waals surface area contributed by atoms with E-state index < -0.39 is 0 Å². The van der Waals surface area contributed by atoms with Crippen molar-refractivity contribution < 1.29 is 9.47 Å². The second-order valence-electron chi connectivity index (χ2n) is 5.61. The first-order valence-corrected chi connectivity index (χ1v) is 7.18. The summed E-state index contributed by atoms with van der Waals surface area (Å²) in [4.78, 5) is 0. The van der Waals surface area contributed by atoms with Crippen molar-refractivity contribution in [2.75, 3.05) is 13.2 Å². The van der Waals surface area contributed by atoms with Gasteiger partial charge < -0.3 is 15.2 Å². The molecular weight excluding hydrogens is 270 g/mol. The number of ether oxygens (including phenoxy) is 2. The summed E-state index contributed by atoms with van der Waals surface area (Å²) in [6.07, 6.45) is 5.45. The number of hydrogen-bond donors (Lipinski definition) is 1. The molecule has 3 rings (SSSR count). The van der Waals surface area contributed by atoms with Gasteiger partial charge in [-0.15, -0.1) is 0 Å². The molecule has 0 aromatic carbocycles. The van der Waals surface area contributed by atoms with Crippen LogP contribution in [-0.2, 0) is 11.3 Å². The van der Waals surface area contributed by atoms with E-state index >= 15 is 0 Å². The fraction of sp³-hybridized carbons (Fsp3) is 0.571. The number of aromatic nitrogens is 4. The van der Waals surface area contributed by atoms with Crippen LogP contribution >= 0.6 is 0 Å². The highest BCUT2D eigenvalue weighted by atomic mass is 16.5. The maximum Gasteiger partial charge on any atom is 0.157 e. The van der Waals surface area contributed by atoms with E-state index in [0.29, 0.717) is 31.5 Å². The van der Waals surface area contributed by atoms with Crippen molar-refractivity contribution in [2.45, 2.75) is 38.6 Å². The summed E-state index contributed by atoms with van der Waals surface area (Å²) in [5, 5.41) is 8.80. The standard InChI is InChI=1S/C14H21N5O2/c1-10(2)19-4-3-11(17-19)6-18-7-12(5-16-18)21-14-9-20-8-13(14)15/h3-5,7,10,13-14H,6,8-9,15H2,1-2H3/t13-,14+/m0/s1. The molecule has 114 valence electrons. The Bertz CT molecular complexity index is 592. The molecule has 1 fully saturated rings. The Morgan fingerprint density at radius 1 is 1.48 bits per heavy atom. The molecule has 3 heterocycles. The average molecular weight is 291 g/mol. The SMILES string of the molecule is CC(C)n1ccc(Cn2cc(O[C@@H]3COC[C@@H]3N)cn2)n1. The molecule has 0 aliphatic carbocycles. The highest BCUT2D eigenvalue weighted by Crippen LogP contribution is 2.16. The Labute approximate surface area is 123 Å². The minimum atomic E-state index is -0.0946. The maximum absolute atomic E-state index is 5.90. The third-order valence-corrected chi connectivity index (χ3v) is 3.48. The van der Waals surface area contributed by atoms with Crippen molar-refractivity contribution >= 4 is 0 Å². The Balaban J connectivity index is 1.61. The zero-order chi connectivity index (χ0) is 14.8. The van der Waals surface area contributed by atoms with Crippen LogP contribution in [0.25, 0.3) is 0 Å². The molecule has 7 nitrogen and oxygen atoms in total. The lowest BCUT2D eigenvalue weighted by molar-refractivity contribution is 0.140. The average Bonchev–Trinajstić information content (AvgIpc) is 3.14. The van der Waals surface area contributed by atoms with E-state index in [1.165, 1.54) is 0 Å². The molecule has 1 aliphatic heterocycles. The van der Waals surface area contributed by atoms with Crippen LogP contribution in [0.1, 0.15) is 25.6 Å². The molecule has 0 saturated carbocycles. The Morgan fingerprint density at radius 2 is 2.33 bits per heavy atom. The summed E-state index contributed by atoms with van der Waals surface area (Å²) in [6.45, 7) is 5.90. The van der Waals surface area contributed by atoms with Crippen molar-refractivity contribution in [1.82, 2.24) is 19.6 Å². The summed E-state index contributed by atoms with van der Waals surface area (Å²) in [6, 6.07) is 2.29. The van der Waals surface area contributed by atoms with E-state index in [2.05, 4.69) is 24.0 Å². The summed E-state index contributed by atoms with van der Waals surface area (Å²) < 4.78 is 14.8. The van der Waals surface area contributed by atoms with Crippen molar-refractivity contribution in [3.8, 4) is 5.75 Å². The number of nitrogens with two attached hydrogens (primary N) is 1. The molecule has 21 heavy (non-hydrogen) atoms. The fourth-order valence-electron chi connectivity index (χ4n) is 2.25. The van der Waals surface area contributed by atoms with E-state index in [1.807, 2.05) is 27.8 Å². The Hall–Kier alpha value is -1.86. The van der Waals surface area contributed by atoms with Crippen LogP contribution in [0.5, 0.6) is 5.75 Å². The predicted molar refractivity (Wildman–Crippen MR) is 77.2 cm³/mol.